The molecule has 1 aromatic rings. The Kier molecular flexibility index (Phi) is 5.34. The van der Waals surface area contributed by atoms with Crippen LogP contribution in [0.5, 0.6) is 0 Å². The summed E-state index contributed by atoms with van der Waals surface area (Å²) in [6.07, 6.45) is 0.727. The molecule has 0 aliphatic carbocycles. The number of carboxylic acids is 1. The first-order chi connectivity index (χ1) is 8.40. The van der Waals surface area contributed by atoms with Gasteiger partial charge in [0.05, 0.1) is 5.56 Å². The number of nitrogens with one attached hydrogen (secondary N) is 1. The van der Waals surface area contributed by atoms with Crippen molar-refractivity contribution < 1.29 is 14.7 Å². The number of rotatable bonds is 6. The van der Waals surface area contributed by atoms with Crippen LogP contribution in [0.3, 0.4) is 0 Å². The van der Waals surface area contributed by atoms with Gasteiger partial charge >= 0.3 is 5.97 Å². The summed E-state index contributed by atoms with van der Waals surface area (Å²) < 4.78 is 0. The number of carbonyl (C=O) groups is 2. The van der Waals surface area contributed by atoms with Gasteiger partial charge in [-0.05, 0) is 32.3 Å². The van der Waals surface area contributed by atoms with Gasteiger partial charge in [0.25, 0.3) is 5.91 Å². The van der Waals surface area contributed by atoms with E-state index in [1.165, 1.54) is 0 Å². The molecule has 1 unspecified atom stereocenters. The van der Waals surface area contributed by atoms with E-state index in [1.54, 1.807) is 11.3 Å². The van der Waals surface area contributed by atoms with Crippen LogP contribution in [0.4, 0.5) is 0 Å². The van der Waals surface area contributed by atoms with Crippen LogP contribution >= 0.6 is 11.3 Å². The standard InChI is InChI=1S/C13H19NO3S/c1-8(4-5-12(15)16)7-14-13(17)11-6-9(2)18-10(11)3/h6,8H,4-5,7H2,1-3H3,(H,14,17)(H,15,16). The fourth-order valence-corrected chi connectivity index (χ4v) is 2.61. The summed E-state index contributed by atoms with van der Waals surface area (Å²) in [4.78, 5) is 24.5. The Morgan fingerprint density at radius 1 is 1.44 bits per heavy atom. The summed E-state index contributed by atoms with van der Waals surface area (Å²) in [5.74, 6) is -0.693. The third kappa shape index (κ3) is 4.49. The summed E-state index contributed by atoms with van der Waals surface area (Å²) in [6, 6.07) is 1.89. The van der Waals surface area contributed by atoms with Gasteiger partial charge in [-0.15, -0.1) is 11.3 Å². The number of aryl methyl sites for hydroxylation is 2. The molecule has 0 bridgehead atoms. The molecule has 0 aromatic carbocycles. The molecule has 0 fully saturated rings. The molecule has 4 nitrogen and oxygen atoms in total. The number of aliphatic carboxylic acids is 1. The average molecular weight is 269 g/mol. The van der Waals surface area contributed by atoms with Gasteiger partial charge in [-0.25, -0.2) is 0 Å². The molecular weight excluding hydrogens is 250 g/mol. The van der Waals surface area contributed by atoms with Gasteiger partial charge in [0, 0.05) is 22.7 Å². The Hall–Kier alpha value is -1.36. The third-order valence-corrected chi connectivity index (χ3v) is 3.71. The van der Waals surface area contributed by atoms with Crippen LogP contribution in [0.15, 0.2) is 6.07 Å². The lowest BCUT2D eigenvalue weighted by Gasteiger charge is -2.11. The van der Waals surface area contributed by atoms with Crippen molar-refractivity contribution in [3.05, 3.63) is 21.4 Å². The lowest BCUT2D eigenvalue weighted by Crippen LogP contribution is -2.28. The molecule has 5 heteroatoms. The molecule has 0 spiro atoms. The number of carboxylic acid groups (broad SMARTS) is 1. The molecule has 100 valence electrons. The van der Waals surface area contributed by atoms with Gasteiger partial charge in [0.1, 0.15) is 0 Å². The van der Waals surface area contributed by atoms with E-state index in [9.17, 15) is 9.59 Å². The first kappa shape index (κ1) is 14.7. The Morgan fingerprint density at radius 3 is 2.61 bits per heavy atom. The fraction of sp³-hybridized carbons (Fsp3) is 0.538. The second-order valence-electron chi connectivity index (χ2n) is 4.57. The highest BCUT2D eigenvalue weighted by atomic mass is 32.1. The van der Waals surface area contributed by atoms with E-state index in [0.29, 0.717) is 13.0 Å². The van der Waals surface area contributed by atoms with Crippen LogP contribution in [0.2, 0.25) is 0 Å². The number of carbonyl (C=O) groups excluding carboxylic acids is 1. The summed E-state index contributed by atoms with van der Waals surface area (Å²) in [6.45, 7) is 6.36. The Bertz CT molecular complexity index is 439. The second-order valence-corrected chi connectivity index (χ2v) is 6.03. The van der Waals surface area contributed by atoms with E-state index in [2.05, 4.69) is 5.32 Å². The maximum atomic E-state index is 11.9. The molecule has 1 atom stereocenters. The smallest absolute Gasteiger partial charge is 0.303 e. The molecule has 0 saturated carbocycles. The minimum absolute atomic E-state index is 0.0703. The van der Waals surface area contributed by atoms with Gasteiger partial charge < -0.3 is 10.4 Å². The molecule has 0 aliphatic heterocycles. The van der Waals surface area contributed by atoms with E-state index in [0.717, 1.165) is 15.3 Å². The zero-order valence-electron chi connectivity index (χ0n) is 10.9. The first-order valence-electron chi connectivity index (χ1n) is 5.97. The van der Waals surface area contributed by atoms with E-state index < -0.39 is 5.97 Å². The highest BCUT2D eigenvalue weighted by Crippen LogP contribution is 2.20. The molecule has 1 amide bonds. The van der Waals surface area contributed by atoms with E-state index in [-0.39, 0.29) is 18.2 Å². The molecule has 1 heterocycles. The molecule has 0 radical (unpaired) electrons. The monoisotopic (exact) mass is 269 g/mol. The van der Waals surface area contributed by atoms with Crippen LogP contribution in [0.25, 0.3) is 0 Å². The van der Waals surface area contributed by atoms with Crippen molar-refractivity contribution in [1.29, 1.82) is 0 Å². The van der Waals surface area contributed by atoms with Crippen molar-refractivity contribution in [1.82, 2.24) is 5.32 Å². The minimum Gasteiger partial charge on any atom is -0.481 e. The van der Waals surface area contributed by atoms with Gasteiger partial charge in [-0.2, -0.15) is 0 Å². The molecular formula is C13H19NO3S. The summed E-state index contributed by atoms with van der Waals surface area (Å²) in [5, 5.41) is 11.4. The quantitative estimate of drug-likeness (QED) is 0.834. The molecule has 18 heavy (non-hydrogen) atoms. The summed E-state index contributed by atoms with van der Waals surface area (Å²) in [7, 11) is 0. The number of hydrogen-bond donors (Lipinski definition) is 2. The summed E-state index contributed by atoms with van der Waals surface area (Å²) in [5.41, 5.74) is 0.725. The Labute approximate surface area is 111 Å². The maximum Gasteiger partial charge on any atom is 0.303 e. The number of amides is 1. The Balaban J connectivity index is 2.41. The van der Waals surface area contributed by atoms with Gasteiger partial charge in [0.15, 0.2) is 0 Å². The lowest BCUT2D eigenvalue weighted by molar-refractivity contribution is -0.137. The van der Waals surface area contributed by atoms with Crippen LogP contribution in [0.1, 0.15) is 39.9 Å². The predicted molar refractivity (Wildman–Crippen MR) is 72.2 cm³/mol. The van der Waals surface area contributed by atoms with E-state index in [1.807, 2.05) is 26.8 Å². The van der Waals surface area contributed by atoms with Crippen LogP contribution in [0, 0.1) is 19.8 Å². The van der Waals surface area contributed by atoms with E-state index in [4.69, 9.17) is 5.11 Å². The van der Waals surface area contributed by atoms with Crippen LogP contribution in [-0.4, -0.2) is 23.5 Å². The minimum atomic E-state index is -0.794. The van der Waals surface area contributed by atoms with Crippen molar-refractivity contribution in [3.8, 4) is 0 Å². The molecule has 1 aromatic heterocycles. The fourth-order valence-electron chi connectivity index (χ4n) is 1.69. The van der Waals surface area contributed by atoms with Crippen LogP contribution < -0.4 is 5.32 Å². The van der Waals surface area contributed by atoms with Crippen molar-refractivity contribution in [2.75, 3.05) is 6.54 Å². The largest absolute Gasteiger partial charge is 0.481 e. The lowest BCUT2D eigenvalue weighted by atomic mass is 10.1. The van der Waals surface area contributed by atoms with E-state index >= 15 is 0 Å². The van der Waals surface area contributed by atoms with Crippen molar-refractivity contribution >= 4 is 23.2 Å². The predicted octanol–water partition coefficient (Wildman–Crippen LogP) is 2.60. The molecule has 2 N–H and O–H groups in total. The summed E-state index contributed by atoms with van der Waals surface area (Å²) >= 11 is 1.61. The molecule has 0 saturated heterocycles. The normalized spacial score (nSPS) is 12.2. The zero-order chi connectivity index (χ0) is 13.7. The van der Waals surface area contributed by atoms with Gasteiger partial charge in [-0.1, -0.05) is 6.92 Å². The third-order valence-electron chi connectivity index (χ3n) is 2.75. The average Bonchev–Trinajstić information content (AvgIpc) is 2.62. The highest BCUT2D eigenvalue weighted by Gasteiger charge is 2.13. The SMILES string of the molecule is Cc1cc(C(=O)NCC(C)CCC(=O)O)c(C)s1. The second kappa shape index (κ2) is 6.54. The first-order valence-corrected chi connectivity index (χ1v) is 6.78. The van der Waals surface area contributed by atoms with Crippen molar-refractivity contribution in [2.24, 2.45) is 5.92 Å². The number of hydrogen-bond acceptors (Lipinski definition) is 3. The number of thiophene rings is 1. The van der Waals surface area contributed by atoms with Gasteiger partial charge in [-0.3, -0.25) is 9.59 Å². The highest BCUT2D eigenvalue weighted by molar-refractivity contribution is 7.12. The van der Waals surface area contributed by atoms with Crippen molar-refractivity contribution in [3.63, 3.8) is 0 Å². The van der Waals surface area contributed by atoms with Gasteiger partial charge in [0.2, 0.25) is 0 Å². The Morgan fingerprint density at radius 2 is 2.11 bits per heavy atom. The van der Waals surface area contributed by atoms with Crippen molar-refractivity contribution in [2.45, 2.75) is 33.6 Å². The zero-order valence-corrected chi connectivity index (χ0v) is 11.8. The molecule has 0 aliphatic rings. The van der Waals surface area contributed by atoms with Crippen LogP contribution in [-0.2, 0) is 4.79 Å². The maximum absolute atomic E-state index is 11.9. The topological polar surface area (TPSA) is 66.4 Å². The molecule has 1 rings (SSSR count).